The van der Waals surface area contributed by atoms with E-state index in [0.717, 1.165) is 12.0 Å². The summed E-state index contributed by atoms with van der Waals surface area (Å²) < 4.78 is 5.03. The van der Waals surface area contributed by atoms with Crippen molar-refractivity contribution in [3.63, 3.8) is 0 Å². The Balaban J connectivity index is 2.15. The van der Waals surface area contributed by atoms with Gasteiger partial charge in [-0.15, -0.1) is 0 Å². The molecule has 0 fully saturated rings. The molecule has 3 heteroatoms. The van der Waals surface area contributed by atoms with Crippen LogP contribution in [0.15, 0.2) is 42.5 Å². The second kappa shape index (κ2) is 7.51. The lowest BCUT2D eigenvalue weighted by molar-refractivity contribution is 0.140. The number of carbonyl (C=O) groups is 1. The van der Waals surface area contributed by atoms with E-state index in [4.69, 9.17) is 4.74 Å². The zero-order valence-corrected chi connectivity index (χ0v) is 9.48. The number of allylic oxidation sites excluding steroid dienone is 1. The molecule has 0 unspecified atom stereocenters. The molecule has 0 aliphatic carbocycles. The quantitative estimate of drug-likeness (QED) is 0.611. The fraction of sp³-hybridized carbons (Fsp3) is 0.308. The van der Waals surface area contributed by atoms with Crippen molar-refractivity contribution < 1.29 is 9.53 Å². The highest BCUT2D eigenvalue weighted by Crippen LogP contribution is 2.00. The number of nitrogens with one attached hydrogen (secondary N) is 1. The molecule has 1 aromatic rings. The van der Waals surface area contributed by atoms with E-state index in [9.17, 15) is 4.79 Å². The summed E-state index contributed by atoms with van der Waals surface area (Å²) in [5.41, 5.74) is 0.992. The Kier molecular flexibility index (Phi) is 5.78. The molecule has 0 heterocycles. The minimum Gasteiger partial charge on any atom is -0.445 e. The van der Waals surface area contributed by atoms with Crippen molar-refractivity contribution in [3.8, 4) is 0 Å². The molecule has 16 heavy (non-hydrogen) atoms. The van der Waals surface area contributed by atoms with Gasteiger partial charge in [-0.05, 0) is 18.9 Å². The summed E-state index contributed by atoms with van der Waals surface area (Å²) in [6, 6.07) is 9.62. The van der Waals surface area contributed by atoms with E-state index in [1.165, 1.54) is 0 Å². The lowest BCUT2D eigenvalue weighted by Gasteiger charge is -2.05. The second-order valence-electron chi connectivity index (χ2n) is 3.35. The summed E-state index contributed by atoms with van der Waals surface area (Å²) in [7, 11) is 0. The molecule has 0 aliphatic rings. The maximum atomic E-state index is 11.2. The van der Waals surface area contributed by atoms with Crippen LogP contribution in [0, 0.1) is 0 Å². The normalized spacial score (nSPS) is 10.3. The number of hydrogen-bond donors (Lipinski definition) is 1. The molecule has 0 bridgehead atoms. The van der Waals surface area contributed by atoms with E-state index >= 15 is 0 Å². The molecule has 0 aromatic heterocycles. The summed E-state index contributed by atoms with van der Waals surface area (Å²) in [5.74, 6) is 0. The van der Waals surface area contributed by atoms with Crippen LogP contribution in [0.4, 0.5) is 4.79 Å². The first-order valence-electron chi connectivity index (χ1n) is 5.38. The predicted octanol–water partition coefficient (Wildman–Crippen LogP) is 2.88. The third-order valence-corrected chi connectivity index (χ3v) is 2.03. The molecule has 1 N–H and O–H groups in total. The Morgan fingerprint density at radius 2 is 2.12 bits per heavy atom. The second-order valence-corrected chi connectivity index (χ2v) is 3.35. The third-order valence-electron chi connectivity index (χ3n) is 2.03. The highest BCUT2D eigenvalue weighted by molar-refractivity contribution is 5.67. The molecule has 0 saturated heterocycles. The van der Waals surface area contributed by atoms with Gasteiger partial charge < -0.3 is 10.1 Å². The van der Waals surface area contributed by atoms with Crippen molar-refractivity contribution in [2.75, 3.05) is 6.54 Å². The van der Waals surface area contributed by atoms with Crippen LogP contribution in [0.25, 0.3) is 0 Å². The van der Waals surface area contributed by atoms with Crippen molar-refractivity contribution in [1.29, 1.82) is 0 Å². The van der Waals surface area contributed by atoms with Gasteiger partial charge in [0.1, 0.15) is 6.61 Å². The molecular weight excluding hydrogens is 202 g/mol. The average Bonchev–Trinajstić information content (AvgIpc) is 2.33. The Morgan fingerprint density at radius 3 is 2.81 bits per heavy atom. The van der Waals surface area contributed by atoms with Crippen LogP contribution in [0.1, 0.15) is 18.9 Å². The van der Waals surface area contributed by atoms with E-state index in [1.807, 2.05) is 49.4 Å². The fourth-order valence-corrected chi connectivity index (χ4v) is 1.20. The molecule has 0 spiro atoms. The zero-order valence-electron chi connectivity index (χ0n) is 9.48. The SMILES string of the molecule is CC=CCCNC(=O)OCc1ccccc1. The lowest BCUT2D eigenvalue weighted by atomic mass is 10.2. The molecule has 0 radical (unpaired) electrons. The van der Waals surface area contributed by atoms with Crippen LogP contribution in [0.3, 0.4) is 0 Å². The number of carbonyl (C=O) groups excluding carboxylic acids is 1. The van der Waals surface area contributed by atoms with Crippen molar-refractivity contribution in [2.45, 2.75) is 20.0 Å². The van der Waals surface area contributed by atoms with Crippen molar-refractivity contribution in [1.82, 2.24) is 5.32 Å². The van der Waals surface area contributed by atoms with Crippen LogP contribution in [0.2, 0.25) is 0 Å². The number of ether oxygens (including phenoxy) is 1. The molecule has 0 aliphatic heterocycles. The van der Waals surface area contributed by atoms with Gasteiger partial charge in [-0.3, -0.25) is 0 Å². The van der Waals surface area contributed by atoms with Gasteiger partial charge >= 0.3 is 6.09 Å². The number of rotatable bonds is 5. The van der Waals surface area contributed by atoms with Crippen molar-refractivity contribution in [2.24, 2.45) is 0 Å². The molecule has 1 amide bonds. The largest absolute Gasteiger partial charge is 0.445 e. The van der Waals surface area contributed by atoms with E-state index in [1.54, 1.807) is 0 Å². The third kappa shape index (κ3) is 5.20. The molecule has 0 saturated carbocycles. The van der Waals surface area contributed by atoms with E-state index in [2.05, 4.69) is 5.32 Å². The van der Waals surface area contributed by atoms with Gasteiger partial charge in [-0.1, -0.05) is 42.5 Å². The van der Waals surface area contributed by atoms with Crippen LogP contribution in [-0.4, -0.2) is 12.6 Å². The molecule has 3 nitrogen and oxygen atoms in total. The first kappa shape index (κ1) is 12.3. The topological polar surface area (TPSA) is 38.3 Å². The fourth-order valence-electron chi connectivity index (χ4n) is 1.20. The highest BCUT2D eigenvalue weighted by atomic mass is 16.5. The van der Waals surface area contributed by atoms with Crippen LogP contribution in [-0.2, 0) is 11.3 Å². The van der Waals surface area contributed by atoms with Crippen LogP contribution < -0.4 is 5.32 Å². The predicted molar refractivity (Wildman–Crippen MR) is 64.1 cm³/mol. The lowest BCUT2D eigenvalue weighted by Crippen LogP contribution is -2.24. The number of amides is 1. The molecule has 1 rings (SSSR count). The number of hydrogen-bond acceptors (Lipinski definition) is 2. The number of benzene rings is 1. The van der Waals surface area contributed by atoms with Crippen molar-refractivity contribution in [3.05, 3.63) is 48.0 Å². The Hall–Kier alpha value is -1.77. The minimum absolute atomic E-state index is 0.316. The van der Waals surface area contributed by atoms with Crippen LogP contribution in [0.5, 0.6) is 0 Å². The number of alkyl carbamates (subject to hydrolysis) is 1. The Labute approximate surface area is 96.1 Å². The summed E-state index contributed by atoms with van der Waals surface area (Å²) in [6.45, 7) is 2.88. The molecular formula is C13H17NO2. The molecule has 1 aromatic carbocycles. The van der Waals surface area contributed by atoms with Gasteiger partial charge in [0.25, 0.3) is 0 Å². The summed E-state index contributed by atoms with van der Waals surface area (Å²) in [6.07, 6.45) is 4.42. The highest BCUT2D eigenvalue weighted by Gasteiger charge is 2.00. The van der Waals surface area contributed by atoms with Gasteiger partial charge in [-0.2, -0.15) is 0 Å². The zero-order chi connectivity index (χ0) is 11.6. The van der Waals surface area contributed by atoms with Gasteiger partial charge in [0.2, 0.25) is 0 Å². The van der Waals surface area contributed by atoms with Gasteiger partial charge in [0.05, 0.1) is 0 Å². The van der Waals surface area contributed by atoms with Gasteiger partial charge in [-0.25, -0.2) is 4.79 Å². The maximum absolute atomic E-state index is 11.2. The first-order chi connectivity index (χ1) is 7.83. The Bertz CT molecular complexity index is 333. The summed E-state index contributed by atoms with van der Waals surface area (Å²) in [4.78, 5) is 11.2. The van der Waals surface area contributed by atoms with E-state index in [0.29, 0.717) is 13.2 Å². The van der Waals surface area contributed by atoms with Crippen LogP contribution >= 0.6 is 0 Å². The summed E-state index contributed by atoms with van der Waals surface area (Å²) >= 11 is 0. The monoisotopic (exact) mass is 219 g/mol. The average molecular weight is 219 g/mol. The Morgan fingerprint density at radius 1 is 1.38 bits per heavy atom. The standard InChI is InChI=1S/C13H17NO2/c1-2-3-7-10-14-13(15)16-11-12-8-5-4-6-9-12/h2-6,8-9H,7,10-11H2,1H3,(H,14,15). The smallest absolute Gasteiger partial charge is 0.407 e. The molecule has 86 valence electrons. The summed E-state index contributed by atoms with van der Waals surface area (Å²) in [5, 5.41) is 2.68. The minimum atomic E-state index is -0.367. The van der Waals surface area contributed by atoms with E-state index in [-0.39, 0.29) is 6.09 Å². The molecule has 0 atom stereocenters. The van der Waals surface area contributed by atoms with Gasteiger partial charge in [0.15, 0.2) is 0 Å². The maximum Gasteiger partial charge on any atom is 0.407 e. The van der Waals surface area contributed by atoms with Gasteiger partial charge in [0, 0.05) is 6.54 Å². The van der Waals surface area contributed by atoms with Crippen molar-refractivity contribution >= 4 is 6.09 Å². The van der Waals surface area contributed by atoms with E-state index < -0.39 is 0 Å². The first-order valence-corrected chi connectivity index (χ1v) is 5.38.